The lowest BCUT2D eigenvalue weighted by molar-refractivity contribution is -0.116. The molecule has 24 heavy (non-hydrogen) atoms. The molecule has 3 aromatic rings. The third-order valence-corrected chi connectivity index (χ3v) is 4.14. The molecule has 1 aromatic carbocycles. The largest absolute Gasteiger partial charge is 0.326 e. The molecule has 124 valence electrons. The van der Waals surface area contributed by atoms with Crippen molar-refractivity contribution in [3.63, 3.8) is 0 Å². The van der Waals surface area contributed by atoms with E-state index in [0.29, 0.717) is 29.5 Å². The lowest BCUT2D eigenvalue weighted by Gasteiger charge is -2.10. The first-order valence-electron chi connectivity index (χ1n) is 7.69. The minimum atomic E-state index is -0.0500. The first-order valence-corrected chi connectivity index (χ1v) is 8.06. The van der Waals surface area contributed by atoms with E-state index in [9.17, 15) is 4.79 Å². The number of carbonyl (C=O) groups excluding carboxylic acids is 1. The summed E-state index contributed by atoms with van der Waals surface area (Å²) in [5.74, 6) is 1.23. The summed E-state index contributed by atoms with van der Waals surface area (Å²) in [4.78, 5) is 20.9. The van der Waals surface area contributed by atoms with Crippen molar-refractivity contribution < 1.29 is 4.79 Å². The minimum Gasteiger partial charge on any atom is -0.326 e. The second-order valence-corrected chi connectivity index (χ2v) is 6.12. The van der Waals surface area contributed by atoms with Gasteiger partial charge in [0, 0.05) is 28.5 Å². The SMILES string of the molecule is Cc1nc2nc(C)c(CCC(=O)Nc3ccc(Cl)cc3)c(C)n2n1. The molecule has 2 aromatic heterocycles. The maximum Gasteiger partial charge on any atom is 0.252 e. The van der Waals surface area contributed by atoms with Crippen molar-refractivity contribution in [2.45, 2.75) is 33.6 Å². The number of amides is 1. The highest BCUT2D eigenvalue weighted by Crippen LogP contribution is 2.17. The molecule has 1 N–H and O–H groups in total. The van der Waals surface area contributed by atoms with Gasteiger partial charge in [0.05, 0.1) is 0 Å². The number of hydrogen-bond donors (Lipinski definition) is 1. The van der Waals surface area contributed by atoms with E-state index in [-0.39, 0.29) is 5.91 Å². The van der Waals surface area contributed by atoms with Gasteiger partial charge in [0.1, 0.15) is 5.82 Å². The van der Waals surface area contributed by atoms with Gasteiger partial charge in [-0.25, -0.2) is 9.50 Å². The standard InChI is InChI=1S/C17H18ClN5O/c1-10-15(11(2)23-17(19-10)20-12(3)22-23)8-9-16(24)21-14-6-4-13(18)5-7-14/h4-7H,8-9H2,1-3H3,(H,21,24). The van der Waals surface area contributed by atoms with Crippen LogP contribution in [0.1, 0.15) is 29.2 Å². The lowest BCUT2D eigenvalue weighted by atomic mass is 10.1. The molecular weight excluding hydrogens is 326 g/mol. The summed E-state index contributed by atoms with van der Waals surface area (Å²) >= 11 is 5.84. The number of fused-ring (bicyclic) bond motifs is 1. The Hall–Kier alpha value is -2.47. The van der Waals surface area contributed by atoms with Gasteiger partial charge in [-0.2, -0.15) is 10.1 Å². The van der Waals surface area contributed by atoms with Crippen LogP contribution in [0.15, 0.2) is 24.3 Å². The van der Waals surface area contributed by atoms with Gasteiger partial charge in [-0.05, 0) is 57.0 Å². The smallest absolute Gasteiger partial charge is 0.252 e. The third-order valence-electron chi connectivity index (χ3n) is 3.88. The number of aryl methyl sites for hydroxylation is 3. The number of benzene rings is 1. The maximum absolute atomic E-state index is 12.2. The average molecular weight is 344 g/mol. The Morgan fingerprint density at radius 3 is 2.58 bits per heavy atom. The van der Waals surface area contributed by atoms with E-state index in [1.54, 1.807) is 28.8 Å². The van der Waals surface area contributed by atoms with Crippen LogP contribution in [0.25, 0.3) is 5.78 Å². The van der Waals surface area contributed by atoms with Crippen LogP contribution in [0.2, 0.25) is 5.02 Å². The Morgan fingerprint density at radius 1 is 1.17 bits per heavy atom. The molecule has 0 aliphatic heterocycles. The Morgan fingerprint density at radius 2 is 1.88 bits per heavy atom. The van der Waals surface area contributed by atoms with Crippen molar-refractivity contribution in [2.24, 2.45) is 0 Å². The molecule has 2 heterocycles. The van der Waals surface area contributed by atoms with Crippen molar-refractivity contribution in [2.75, 3.05) is 5.32 Å². The Balaban J connectivity index is 1.73. The zero-order valence-corrected chi connectivity index (χ0v) is 14.6. The number of aromatic nitrogens is 4. The van der Waals surface area contributed by atoms with Crippen LogP contribution >= 0.6 is 11.6 Å². The van der Waals surface area contributed by atoms with Gasteiger partial charge in [-0.1, -0.05) is 11.6 Å². The van der Waals surface area contributed by atoms with Gasteiger partial charge < -0.3 is 5.32 Å². The van der Waals surface area contributed by atoms with Crippen LogP contribution in [0.5, 0.6) is 0 Å². The number of nitrogens with zero attached hydrogens (tertiary/aromatic N) is 4. The molecule has 6 nitrogen and oxygen atoms in total. The van der Waals surface area contributed by atoms with Crippen LogP contribution in [0.3, 0.4) is 0 Å². The molecule has 0 aliphatic rings. The van der Waals surface area contributed by atoms with E-state index < -0.39 is 0 Å². The molecule has 0 spiro atoms. The second kappa shape index (κ2) is 6.57. The maximum atomic E-state index is 12.2. The number of rotatable bonds is 4. The molecule has 0 atom stereocenters. The van der Waals surface area contributed by atoms with Crippen LogP contribution in [0.4, 0.5) is 5.69 Å². The van der Waals surface area contributed by atoms with Crippen molar-refractivity contribution in [3.05, 3.63) is 52.1 Å². The zero-order chi connectivity index (χ0) is 17.3. The fraction of sp³-hybridized carbons (Fsp3) is 0.294. The van der Waals surface area contributed by atoms with Crippen LogP contribution in [-0.2, 0) is 11.2 Å². The van der Waals surface area contributed by atoms with Crippen molar-refractivity contribution >= 4 is 29.0 Å². The summed E-state index contributed by atoms with van der Waals surface area (Å²) in [5, 5.41) is 7.85. The molecule has 0 aliphatic carbocycles. The summed E-state index contributed by atoms with van der Waals surface area (Å²) < 4.78 is 1.73. The van der Waals surface area contributed by atoms with Gasteiger partial charge in [-0.15, -0.1) is 0 Å². The average Bonchev–Trinajstić information content (AvgIpc) is 2.90. The Kier molecular flexibility index (Phi) is 4.49. The predicted octanol–water partition coefficient (Wildman–Crippen LogP) is 3.27. The van der Waals surface area contributed by atoms with Crippen molar-refractivity contribution in [1.82, 2.24) is 19.6 Å². The molecule has 0 bridgehead atoms. The predicted molar refractivity (Wildman–Crippen MR) is 93.4 cm³/mol. The van der Waals surface area contributed by atoms with Gasteiger partial charge in [-0.3, -0.25) is 4.79 Å². The van der Waals surface area contributed by atoms with E-state index >= 15 is 0 Å². The van der Waals surface area contributed by atoms with E-state index in [0.717, 1.165) is 22.6 Å². The Bertz CT molecular complexity index is 901. The number of anilines is 1. The molecule has 0 fully saturated rings. The molecular formula is C17H18ClN5O. The second-order valence-electron chi connectivity index (χ2n) is 5.69. The van der Waals surface area contributed by atoms with Crippen LogP contribution in [-0.4, -0.2) is 25.5 Å². The van der Waals surface area contributed by atoms with Crippen LogP contribution in [0, 0.1) is 20.8 Å². The first kappa shape index (κ1) is 16.4. The fourth-order valence-electron chi connectivity index (χ4n) is 2.67. The third kappa shape index (κ3) is 3.38. The molecule has 0 saturated heterocycles. The highest BCUT2D eigenvalue weighted by atomic mass is 35.5. The van der Waals surface area contributed by atoms with Crippen molar-refractivity contribution in [3.8, 4) is 0 Å². The van der Waals surface area contributed by atoms with E-state index in [2.05, 4.69) is 20.4 Å². The summed E-state index contributed by atoms with van der Waals surface area (Å²) in [6.07, 6.45) is 0.962. The first-order chi connectivity index (χ1) is 11.4. The summed E-state index contributed by atoms with van der Waals surface area (Å²) in [7, 11) is 0. The van der Waals surface area contributed by atoms with Crippen LogP contribution < -0.4 is 5.32 Å². The van der Waals surface area contributed by atoms with Gasteiger partial charge in [0.25, 0.3) is 5.78 Å². The molecule has 3 rings (SSSR count). The summed E-state index contributed by atoms with van der Waals surface area (Å²) in [5.41, 5.74) is 3.61. The number of halogens is 1. The van der Waals surface area contributed by atoms with Gasteiger partial charge in [0.2, 0.25) is 5.91 Å². The summed E-state index contributed by atoms with van der Waals surface area (Å²) in [6.45, 7) is 5.74. The molecule has 0 radical (unpaired) electrons. The van der Waals surface area contributed by atoms with E-state index in [4.69, 9.17) is 11.6 Å². The summed E-state index contributed by atoms with van der Waals surface area (Å²) in [6, 6.07) is 7.05. The number of hydrogen-bond acceptors (Lipinski definition) is 4. The normalized spacial score (nSPS) is 11.0. The van der Waals surface area contributed by atoms with Gasteiger partial charge in [0.15, 0.2) is 0 Å². The van der Waals surface area contributed by atoms with E-state index in [1.165, 1.54) is 0 Å². The number of carbonyl (C=O) groups is 1. The molecule has 0 saturated carbocycles. The quantitative estimate of drug-likeness (QED) is 0.789. The fourth-order valence-corrected chi connectivity index (χ4v) is 2.79. The zero-order valence-electron chi connectivity index (χ0n) is 13.8. The van der Waals surface area contributed by atoms with E-state index in [1.807, 2.05) is 20.8 Å². The molecule has 1 amide bonds. The molecule has 7 heteroatoms. The van der Waals surface area contributed by atoms with Gasteiger partial charge >= 0.3 is 0 Å². The monoisotopic (exact) mass is 343 g/mol. The topological polar surface area (TPSA) is 72.2 Å². The highest BCUT2D eigenvalue weighted by molar-refractivity contribution is 6.30. The Labute approximate surface area is 144 Å². The minimum absolute atomic E-state index is 0.0500. The van der Waals surface area contributed by atoms with Crippen molar-refractivity contribution in [1.29, 1.82) is 0 Å². The molecule has 0 unspecified atom stereocenters. The number of nitrogens with one attached hydrogen (secondary N) is 1. The highest BCUT2D eigenvalue weighted by Gasteiger charge is 2.13. The lowest BCUT2D eigenvalue weighted by Crippen LogP contribution is -2.14.